The van der Waals surface area contributed by atoms with Crippen LogP contribution in [0.15, 0.2) is 82.7 Å². The number of aryl methyl sites for hydroxylation is 1. The van der Waals surface area contributed by atoms with Crippen molar-refractivity contribution in [3.63, 3.8) is 0 Å². The Hall–Kier alpha value is -3.12. The van der Waals surface area contributed by atoms with E-state index in [0.717, 1.165) is 22.6 Å². The van der Waals surface area contributed by atoms with E-state index in [-0.39, 0.29) is 10.6 Å². The van der Waals surface area contributed by atoms with Gasteiger partial charge < -0.3 is 8.92 Å². The van der Waals surface area contributed by atoms with Gasteiger partial charge in [0.1, 0.15) is 16.4 Å². The van der Waals surface area contributed by atoms with E-state index in [4.69, 9.17) is 8.92 Å². The van der Waals surface area contributed by atoms with Gasteiger partial charge in [-0.3, -0.25) is 4.99 Å². The average Bonchev–Trinajstić information content (AvgIpc) is 2.69. The number of benzene rings is 3. The molecular formula is C22H21NO4S. The predicted octanol–water partition coefficient (Wildman–Crippen LogP) is 4.91. The van der Waals surface area contributed by atoms with E-state index in [1.807, 2.05) is 38.1 Å². The maximum Gasteiger partial charge on any atom is 0.339 e. The summed E-state index contributed by atoms with van der Waals surface area (Å²) in [5.41, 5.74) is 2.61. The Kier molecular flexibility index (Phi) is 6.11. The van der Waals surface area contributed by atoms with Gasteiger partial charge in [-0.2, -0.15) is 8.42 Å². The lowest BCUT2D eigenvalue weighted by Gasteiger charge is -2.07. The van der Waals surface area contributed by atoms with Gasteiger partial charge in [-0.15, -0.1) is 0 Å². The smallest absolute Gasteiger partial charge is 0.339 e. The van der Waals surface area contributed by atoms with Crippen LogP contribution >= 0.6 is 0 Å². The highest BCUT2D eigenvalue weighted by Crippen LogP contribution is 2.21. The van der Waals surface area contributed by atoms with Crippen LogP contribution in [0.3, 0.4) is 0 Å². The van der Waals surface area contributed by atoms with Crippen LogP contribution in [-0.4, -0.2) is 21.2 Å². The number of hydrogen-bond acceptors (Lipinski definition) is 5. The molecule has 3 rings (SSSR count). The van der Waals surface area contributed by atoms with Crippen LogP contribution in [0.25, 0.3) is 0 Å². The number of nitrogens with zero attached hydrogens (tertiary/aromatic N) is 1. The minimum absolute atomic E-state index is 0.124. The van der Waals surface area contributed by atoms with E-state index in [9.17, 15) is 8.42 Å². The van der Waals surface area contributed by atoms with Crippen molar-refractivity contribution >= 4 is 22.0 Å². The third-order valence-electron chi connectivity index (χ3n) is 3.91. The van der Waals surface area contributed by atoms with Gasteiger partial charge in [0.2, 0.25) is 0 Å². The summed E-state index contributed by atoms with van der Waals surface area (Å²) in [5, 5.41) is 0. The van der Waals surface area contributed by atoms with Crippen LogP contribution in [0.2, 0.25) is 0 Å². The number of ether oxygens (including phenoxy) is 1. The maximum absolute atomic E-state index is 12.3. The molecule has 0 fully saturated rings. The molecule has 0 unspecified atom stereocenters. The highest BCUT2D eigenvalue weighted by atomic mass is 32.2. The second-order valence-electron chi connectivity index (χ2n) is 6.10. The van der Waals surface area contributed by atoms with Gasteiger partial charge in [0, 0.05) is 6.21 Å². The van der Waals surface area contributed by atoms with Crippen molar-refractivity contribution in [1.82, 2.24) is 0 Å². The molecule has 0 heterocycles. The van der Waals surface area contributed by atoms with Gasteiger partial charge in [0.25, 0.3) is 0 Å². The molecule has 3 aromatic carbocycles. The third kappa shape index (κ3) is 5.20. The highest BCUT2D eigenvalue weighted by Gasteiger charge is 2.16. The zero-order valence-electron chi connectivity index (χ0n) is 15.7. The van der Waals surface area contributed by atoms with Crippen molar-refractivity contribution in [3.8, 4) is 11.5 Å². The molecule has 0 aliphatic rings. The van der Waals surface area contributed by atoms with Gasteiger partial charge in [-0.1, -0.05) is 17.7 Å². The normalized spacial score (nSPS) is 11.5. The summed E-state index contributed by atoms with van der Waals surface area (Å²) in [4.78, 5) is 4.52. The maximum atomic E-state index is 12.3. The molecule has 0 N–H and O–H groups in total. The summed E-state index contributed by atoms with van der Waals surface area (Å²) in [7, 11) is -3.85. The van der Waals surface area contributed by atoms with Crippen molar-refractivity contribution in [1.29, 1.82) is 0 Å². The van der Waals surface area contributed by atoms with Crippen LogP contribution in [0.1, 0.15) is 18.1 Å². The second kappa shape index (κ2) is 8.71. The van der Waals surface area contributed by atoms with E-state index in [0.29, 0.717) is 6.61 Å². The van der Waals surface area contributed by atoms with Gasteiger partial charge in [-0.05, 0) is 80.1 Å². The van der Waals surface area contributed by atoms with Crippen LogP contribution in [0.5, 0.6) is 11.5 Å². The molecule has 0 aliphatic carbocycles. The van der Waals surface area contributed by atoms with Crippen molar-refractivity contribution in [2.24, 2.45) is 4.99 Å². The third-order valence-corrected chi connectivity index (χ3v) is 5.17. The van der Waals surface area contributed by atoms with Crippen LogP contribution in [0, 0.1) is 6.92 Å². The van der Waals surface area contributed by atoms with E-state index < -0.39 is 10.1 Å². The lowest BCUT2D eigenvalue weighted by molar-refractivity contribution is 0.340. The first kappa shape index (κ1) is 19.6. The molecule has 0 bridgehead atoms. The van der Waals surface area contributed by atoms with Gasteiger partial charge in [0.15, 0.2) is 0 Å². The number of hydrogen-bond donors (Lipinski definition) is 0. The fourth-order valence-electron chi connectivity index (χ4n) is 2.43. The predicted molar refractivity (Wildman–Crippen MR) is 110 cm³/mol. The quantitative estimate of drug-likeness (QED) is 0.421. The lowest BCUT2D eigenvalue weighted by Crippen LogP contribution is -2.09. The molecule has 144 valence electrons. The molecule has 3 aromatic rings. The minimum Gasteiger partial charge on any atom is -0.494 e. The van der Waals surface area contributed by atoms with E-state index in [2.05, 4.69) is 4.99 Å². The minimum atomic E-state index is -3.85. The first-order chi connectivity index (χ1) is 13.5. The van der Waals surface area contributed by atoms with Crippen LogP contribution < -0.4 is 8.92 Å². The van der Waals surface area contributed by atoms with E-state index >= 15 is 0 Å². The topological polar surface area (TPSA) is 65.0 Å². The Labute approximate surface area is 165 Å². The Morgan fingerprint density at radius 1 is 0.857 bits per heavy atom. The van der Waals surface area contributed by atoms with Crippen molar-refractivity contribution in [3.05, 3.63) is 83.9 Å². The van der Waals surface area contributed by atoms with Crippen LogP contribution in [0.4, 0.5) is 5.69 Å². The zero-order chi connectivity index (χ0) is 20.0. The summed E-state index contributed by atoms with van der Waals surface area (Å²) in [6, 6.07) is 20.7. The first-order valence-electron chi connectivity index (χ1n) is 8.84. The van der Waals surface area contributed by atoms with Gasteiger partial charge in [-0.25, -0.2) is 0 Å². The Morgan fingerprint density at radius 3 is 2.07 bits per heavy atom. The summed E-state index contributed by atoms with van der Waals surface area (Å²) in [6.45, 7) is 4.45. The van der Waals surface area contributed by atoms with Gasteiger partial charge >= 0.3 is 10.1 Å². The molecular weight excluding hydrogens is 374 g/mol. The summed E-state index contributed by atoms with van der Waals surface area (Å²) < 4.78 is 35.2. The summed E-state index contributed by atoms with van der Waals surface area (Å²) >= 11 is 0. The number of aliphatic imine (C=N–C) groups is 1. The largest absolute Gasteiger partial charge is 0.494 e. The van der Waals surface area contributed by atoms with Crippen molar-refractivity contribution in [2.45, 2.75) is 18.7 Å². The first-order valence-corrected chi connectivity index (χ1v) is 10.3. The van der Waals surface area contributed by atoms with Crippen LogP contribution in [-0.2, 0) is 10.1 Å². The highest BCUT2D eigenvalue weighted by molar-refractivity contribution is 7.87. The Bertz CT molecular complexity index is 1040. The van der Waals surface area contributed by atoms with Crippen molar-refractivity contribution < 1.29 is 17.3 Å². The van der Waals surface area contributed by atoms with Gasteiger partial charge in [0.05, 0.1) is 12.3 Å². The summed E-state index contributed by atoms with van der Waals surface area (Å²) in [6.07, 6.45) is 1.70. The molecule has 5 nitrogen and oxygen atoms in total. The fraction of sp³-hybridized carbons (Fsp3) is 0.136. The molecule has 0 aromatic heterocycles. The monoisotopic (exact) mass is 395 g/mol. The van der Waals surface area contributed by atoms with Crippen molar-refractivity contribution in [2.75, 3.05) is 6.61 Å². The Morgan fingerprint density at radius 2 is 1.46 bits per heavy atom. The lowest BCUT2D eigenvalue weighted by atomic mass is 10.2. The molecule has 0 atom stereocenters. The zero-order valence-corrected chi connectivity index (χ0v) is 16.5. The molecule has 0 amide bonds. The standard InChI is InChI=1S/C22H21NO4S/c1-3-26-20-12-8-19(9-13-20)23-16-18-6-10-21(11-7-18)27-28(24,25)22-14-4-17(2)5-15-22/h4-16H,3H2,1-2H3. The molecule has 0 spiro atoms. The molecule has 0 saturated carbocycles. The SMILES string of the molecule is CCOc1ccc(N=Cc2ccc(OS(=O)(=O)c3ccc(C)cc3)cc2)cc1. The molecule has 0 radical (unpaired) electrons. The second-order valence-corrected chi connectivity index (χ2v) is 7.65. The molecule has 28 heavy (non-hydrogen) atoms. The molecule has 0 aliphatic heterocycles. The summed E-state index contributed by atoms with van der Waals surface area (Å²) in [5.74, 6) is 1.05. The fourth-order valence-corrected chi connectivity index (χ4v) is 3.36. The Balaban J connectivity index is 1.66. The average molecular weight is 395 g/mol. The molecule has 0 saturated heterocycles. The number of rotatable bonds is 7. The molecule has 6 heteroatoms. The van der Waals surface area contributed by atoms with E-state index in [1.54, 1.807) is 42.6 Å². The van der Waals surface area contributed by atoms with E-state index in [1.165, 1.54) is 12.1 Å².